The van der Waals surface area contributed by atoms with Gasteiger partial charge in [-0.3, -0.25) is 0 Å². The molecule has 0 aliphatic carbocycles. The molecule has 2 heterocycles. The van der Waals surface area contributed by atoms with Crippen LogP contribution in [0, 0.1) is 0 Å². The van der Waals surface area contributed by atoms with Crippen LogP contribution in [0.25, 0.3) is 21.9 Å². The largest absolute Gasteiger partial charge is 0.493 e. The zero-order valence-electron chi connectivity index (χ0n) is 17.6. The number of halogens is 4. The van der Waals surface area contributed by atoms with Crippen molar-refractivity contribution in [2.45, 2.75) is 38.9 Å². The average Bonchev–Trinajstić information content (AvgIpc) is 3.35. The molecule has 33 heavy (non-hydrogen) atoms. The van der Waals surface area contributed by atoms with Gasteiger partial charge in [0.1, 0.15) is 5.75 Å². The summed E-state index contributed by atoms with van der Waals surface area (Å²) >= 11 is 6.09. The Bertz CT molecular complexity index is 1330. The van der Waals surface area contributed by atoms with Gasteiger partial charge in [-0.15, -0.1) is 0 Å². The number of rotatable bonds is 8. The van der Waals surface area contributed by atoms with Gasteiger partial charge in [0.05, 0.1) is 22.6 Å². The maximum atomic E-state index is 13.2. The molecule has 0 spiro atoms. The van der Waals surface area contributed by atoms with Crippen LogP contribution in [0.5, 0.6) is 5.75 Å². The molecule has 6 nitrogen and oxygen atoms in total. The number of carbonyl (C=O) groups is 1. The first-order valence-corrected chi connectivity index (χ1v) is 10.7. The smallest absolute Gasteiger partial charge is 0.437 e. The van der Waals surface area contributed by atoms with E-state index in [-0.39, 0.29) is 21.6 Å². The van der Waals surface area contributed by atoms with Crippen molar-refractivity contribution in [1.82, 2.24) is 9.72 Å². The Morgan fingerprint density at radius 2 is 2.06 bits per heavy atom. The van der Waals surface area contributed by atoms with E-state index in [1.807, 2.05) is 23.8 Å². The second kappa shape index (κ2) is 8.97. The van der Waals surface area contributed by atoms with Crippen LogP contribution in [-0.4, -0.2) is 27.4 Å². The maximum Gasteiger partial charge on any atom is 0.437 e. The first kappa shape index (κ1) is 23.0. The van der Waals surface area contributed by atoms with Gasteiger partial charge in [-0.25, -0.2) is 4.79 Å². The van der Waals surface area contributed by atoms with E-state index in [0.717, 1.165) is 10.9 Å². The molecule has 4 rings (SSSR count). The van der Waals surface area contributed by atoms with E-state index in [1.165, 1.54) is 18.2 Å². The summed E-state index contributed by atoms with van der Waals surface area (Å²) < 4.78 is 52.3. The van der Waals surface area contributed by atoms with Gasteiger partial charge in [0.15, 0.2) is 11.3 Å². The van der Waals surface area contributed by atoms with Crippen LogP contribution in [0.15, 0.2) is 41.1 Å². The van der Waals surface area contributed by atoms with E-state index in [2.05, 4.69) is 5.16 Å². The number of aromatic nitrogens is 2. The number of ether oxygens (including phenoxy) is 1. The Morgan fingerprint density at radius 3 is 2.76 bits per heavy atom. The standard InChI is InChI=1S/C23H20ClF3N2O4/c1-2-4-14-19(6-5-15-20(14)33-28-21(15)23(25,26)27)32-10-3-8-29-9-7-13-11-16(22(30)31)17(24)12-18(13)29/h5-7,9,11-12H,2-4,8,10H2,1H3,(H,30,31). The molecule has 0 aliphatic rings. The summed E-state index contributed by atoms with van der Waals surface area (Å²) in [6.45, 7) is 2.82. The lowest BCUT2D eigenvalue weighted by Gasteiger charge is -2.12. The van der Waals surface area contributed by atoms with Crippen molar-refractivity contribution >= 4 is 39.4 Å². The molecule has 10 heteroatoms. The van der Waals surface area contributed by atoms with Gasteiger partial charge in [-0.1, -0.05) is 30.1 Å². The van der Waals surface area contributed by atoms with Crippen LogP contribution in [0.4, 0.5) is 13.2 Å². The highest BCUT2D eigenvalue weighted by Gasteiger charge is 2.37. The van der Waals surface area contributed by atoms with E-state index in [1.54, 1.807) is 6.07 Å². The van der Waals surface area contributed by atoms with E-state index in [9.17, 15) is 23.1 Å². The van der Waals surface area contributed by atoms with Gasteiger partial charge in [0, 0.05) is 29.2 Å². The lowest BCUT2D eigenvalue weighted by Crippen LogP contribution is -2.07. The Kier molecular flexibility index (Phi) is 6.25. The summed E-state index contributed by atoms with van der Waals surface area (Å²) in [6, 6.07) is 7.82. The summed E-state index contributed by atoms with van der Waals surface area (Å²) in [7, 11) is 0. The fourth-order valence-electron chi connectivity index (χ4n) is 3.86. The lowest BCUT2D eigenvalue weighted by molar-refractivity contribution is -0.141. The summed E-state index contributed by atoms with van der Waals surface area (Å²) in [6.07, 6.45) is -0.952. The molecule has 0 amide bonds. The number of hydrogen-bond donors (Lipinski definition) is 1. The average molecular weight is 481 g/mol. The second-order valence-electron chi connectivity index (χ2n) is 7.61. The first-order valence-electron chi connectivity index (χ1n) is 10.3. The molecule has 0 saturated carbocycles. The lowest BCUT2D eigenvalue weighted by atomic mass is 10.0. The van der Waals surface area contributed by atoms with Gasteiger partial charge < -0.3 is 18.9 Å². The van der Waals surface area contributed by atoms with Crippen molar-refractivity contribution < 1.29 is 32.3 Å². The number of nitrogens with zero attached hydrogens (tertiary/aromatic N) is 2. The fraction of sp³-hybridized carbons (Fsp3) is 0.304. The van der Waals surface area contributed by atoms with Gasteiger partial charge >= 0.3 is 12.1 Å². The fourth-order valence-corrected chi connectivity index (χ4v) is 4.09. The molecule has 0 saturated heterocycles. The summed E-state index contributed by atoms with van der Waals surface area (Å²) in [5, 5.41) is 13.3. The summed E-state index contributed by atoms with van der Waals surface area (Å²) in [5.74, 6) is -0.613. The van der Waals surface area contributed by atoms with Crippen LogP contribution in [-0.2, 0) is 19.1 Å². The number of fused-ring (bicyclic) bond motifs is 2. The van der Waals surface area contributed by atoms with Crippen molar-refractivity contribution in [2.75, 3.05) is 6.61 Å². The zero-order valence-corrected chi connectivity index (χ0v) is 18.3. The Balaban J connectivity index is 1.49. The van der Waals surface area contributed by atoms with Crippen LogP contribution >= 0.6 is 11.6 Å². The minimum absolute atomic E-state index is 0.0465. The van der Waals surface area contributed by atoms with Gasteiger partial charge in [0.2, 0.25) is 0 Å². The Morgan fingerprint density at radius 1 is 1.27 bits per heavy atom. The van der Waals surface area contributed by atoms with Crippen molar-refractivity contribution in [3.63, 3.8) is 0 Å². The highest BCUT2D eigenvalue weighted by molar-refractivity contribution is 6.34. The van der Waals surface area contributed by atoms with Crippen LogP contribution in [0.2, 0.25) is 5.02 Å². The maximum absolute atomic E-state index is 13.2. The number of aryl methyl sites for hydroxylation is 2. The third-order valence-electron chi connectivity index (χ3n) is 5.36. The highest BCUT2D eigenvalue weighted by atomic mass is 35.5. The third kappa shape index (κ3) is 4.50. The Hall–Kier alpha value is -3.20. The number of hydrogen-bond acceptors (Lipinski definition) is 4. The van der Waals surface area contributed by atoms with Crippen molar-refractivity contribution in [3.05, 3.63) is 58.4 Å². The highest BCUT2D eigenvalue weighted by Crippen LogP contribution is 2.38. The third-order valence-corrected chi connectivity index (χ3v) is 5.67. The molecule has 0 atom stereocenters. The van der Waals surface area contributed by atoms with Gasteiger partial charge in [-0.2, -0.15) is 13.2 Å². The SMILES string of the molecule is CCCc1c(OCCCn2ccc3cc(C(=O)O)c(Cl)cc32)ccc2c(C(F)(F)F)noc12. The Labute approximate surface area is 191 Å². The topological polar surface area (TPSA) is 77.5 Å². The van der Waals surface area contributed by atoms with Crippen molar-refractivity contribution in [3.8, 4) is 5.75 Å². The van der Waals surface area contributed by atoms with Crippen LogP contribution in [0.1, 0.15) is 41.4 Å². The predicted molar refractivity (Wildman–Crippen MR) is 117 cm³/mol. The molecular formula is C23H20ClF3N2O4. The van der Waals surface area contributed by atoms with E-state index < -0.39 is 17.8 Å². The van der Waals surface area contributed by atoms with E-state index >= 15 is 0 Å². The van der Waals surface area contributed by atoms with Crippen molar-refractivity contribution in [2.24, 2.45) is 0 Å². The minimum Gasteiger partial charge on any atom is -0.493 e. The molecule has 0 radical (unpaired) electrons. The summed E-state index contributed by atoms with van der Waals surface area (Å²) in [5.41, 5.74) is 0.481. The number of carboxylic acid groups (broad SMARTS) is 1. The molecule has 0 bridgehead atoms. The second-order valence-corrected chi connectivity index (χ2v) is 8.01. The number of alkyl halides is 3. The minimum atomic E-state index is -4.59. The molecule has 4 aromatic rings. The molecule has 2 aromatic carbocycles. The summed E-state index contributed by atoms with van der Waals surface area (Å²) in [4.78, 5) is 11.2. The first-order chi connectivity index (χ1) is 15.7. The van der Waals surface area contributed by atoms with E-state index in [4.69, 9.17) is 20.9 Å². The monoisotopic (exact) mass is 480 g/mol. The normalized spacial score (nSPS) is 12.0. The molecule has 0 fully saturated rings. The van der Waals surface area contributed by atoms with Gasteiger partial charge in [-0.05, 0) is 43.2 Å². The number of carboxylic acids is 1. The number of benzene rings is 2. The van der Waals surface area contributed by atoms with Gasteiger partial charge in [0.25, 0.3) is 0 Å². The van der Waals surface area contributed by atoms with Crippen LogP contribution < -0.4 is 4.74 Å². The molecule has 174 valence electrons. The van der Waals surface area contributed by atoms with Crippen molar-refractivity contribution in [1.29, 1.82) is 0 Å². The predicted octanol–water partition coefficient (Wildman–Crippen LogP) is 6.57. The van der Waals surface area contributed by atoms with Crippen LogP contribution in [0.3, 0.4) is 0 Å². The quantitative estimate of drug-likeness (QED) is 0.288. The molecule has 0 aliphatic heterocycles. The molecule has 0 unspecified atom stereocenters. The molecule has 1 N–H and O–H groups in total. The zero-order chi connectivity index (χ0) is 23.8. The van der Waals surface area contributed by atoms with E-state index in [0.29, 0.717) is 43.7 Å². The number of aromatic carboxylic acids is 1. The molecule has 2 aromatic heterocycles. The molecular weight excluding hydrogens is 461 g/mol.